The number of rotatable bonds is 17. The van der Waals surface area contributed by atoms with E-state index in [-0.39, 0.29) is 31.1 Å². The highest BCUT2D eigenvalue weighted by atomic mass is 35.5. The van der Waals surface area contributed by atoms with Crippen molar-refractivity contribution in [1.29, 1.82) is 0 Å². The number of piperidine rings is 1. The van der Waals surface area contributed by atoms with Gasteiger partial charge in [0.05, 0.1) is 37.3 Å². The second-order valence-corrected chi connectivity index (χ2v) is 16.7. The van der Waals surface area contributed by atoms with Crippen LogP contribution in [0.5, 0.6) is 5.75 Å². The molecule has 0 saturated carbocycles. The molecule has 6 aromatic rings. The first-order chi connectivity index (χ1) is 30.5. The number of hydrogen-bond donors (Lipinski definition) is 3. The van der Waals surface area contributed by atoms with E-state index in [2.05, 4.69) is 50.3 Å². The molecule has 19 heteroatoms. The number of aromatic nitrogens is 6. The smallest absolute Gasteiger partial charge is 0.280 e. The van der Waals surface area contributed by atoms with Gasteiger partial charge in [0.15, 0.2) is 5.82 Å². The average Bonchev–Trinajstić information content (AvgIpc) is 3.75. The largest absolute Gasteiger partial charge is 0.491 e. The summed E-state index contributed by atoms with van der Waals surface area (Å²) in [6, 6.07) is 18.5. The van der Waals surface area contributed by atoms with Crippen LogP contribution < -0.4 is 26.2 Å². The van der Waals surface area contributed by atoms with Gasteiger partial charge < -0.3 is 24.8 Å². The number of halogens is 1. The molecule has 3 amide bonds. The molecule has 1 fully saturated rings. The molecule has 3 aromatic heterocycles. The van der Waals surface area contributed by atoms with Crippen LogP contribution in [0.1, 0.15) is 71.0 Å². The third kappa shape index (κ3) is 9.68. The molecule has 2 aliphatic heterocycles. The highest BCUT2D eigenvalue weighted by Gasteiger charge is 2.33. The van der Waals surface area contributed by atoms with Crippen LogP contribution in [-0.4, -0.2) is 92.8 Å². The lowest BCUT2D eigenvalue weighted by molar-refractivity contribution is -0.136. The van der Waals surface area contributed by atoms with Crippen LogP contribution in [0.25, 0.3) is 15.9 Å². The molecule has 3 aromatic carbocycles. The second kappa shape index (κ2) is 19.4. The van der Waals surface area contributed by atoms with Crippen molar-refractivity contribution in [2.45, 2.75) is 58.5 Å². The summed E-state index contributed by atoms with van der Waals surface area (Å²) in [5, 5.41) is 27.4. The predicted molar refractivity (Wildman–Crippen MR) is 238 cm³/mol. The molecule has 5 heterocycles. The van der Waals surface area contributed by atoms with Crippen LogP contribution in [0.3, 0.4) is 0 Å². The number of carbonyl (C=O) groups is 3. The summed E-state index contributed by atoms with van der Waals surface area (Å²) in [6.07, 6.45) is 1.02. The van der Waals surface area contributed by atoms with Gasteiger partial charge in [-0.25, -0.2) is 0 Å². The Morgan fingerprint density at radius 3 is 2.46 bits per heavy atom. The summed E-state index contributed by atoms with van der Waals surface area (Å²) in [4.78, 5) is 57.2. The highest BCUT2D eigenvalue weighted by molar-refractivity contribution is 7.15. The van der Waals surface area contributed by atoms with Gasteiger partial charge in [0.1, 0.15) is 40.8 Å². The van der Waals surface area contributed by atoms with Crippen molar-refractivity contribution in [3.63, 3.8) is 0 Å². The molecule has 0 spiro atoms. The standard InChI is InChI=1S/C44H45ClN10O7S/c1-25-26(2)63-44-38(25)40(28-8-10-29(45)11-9-28)48-34(41-52-50-27(3)54(41)44)24-37(57)47-30-12-14-31(15-13-30)62-23-22-61-21-20-60-19-5-18-46-32-6-4-7-33-39(32)43(59)55(53-51-33)35-16-17-36(56)49-42(35)58/h4,6-15,34-35,46H,5,16-24H2,1-3H3,(H,47,57)(H,49,56,58). The number of imide groups is 1. The number of ether oxygens (including phenoxy) is 3. The van der Waals surface area contributed by atoms with Crippen LogP contribution in [0.4, 0.5) is 11.4 Å². The van der Waals surface area contributed by atoms with Crippen molar-refractivity contribution in [3.05, 3.63) is 115 Å². The van der Waals surface area contributed by atoms with Gasteiger partial charge >= 0.3 is 0 Å². The number of benzene rings is 3. The van der Waals surface area contributed by atoms with Crippen LogP contribution in [0.15, 0.2) is 76.5 Å². The first-order valence-corrected chi connectivity index (χ1v) is 21.8. The summed E-state index contributed by atoms with van der Waals surface area (Å²) in [5.41, 5.74) is 4.96. The number of amides is 3. The van der Waals surface area contributed by atoms with E-state index < -0.39 is 23.6 Å². The fourth-order valence-corrected chi connectivity index (χ4v) is 8.80. The maximum absolute atomic E-state index is 13.5. The van der Waals surface area contributed by atoms with Crippen molar-refractivity contribution in [2.24, 2.45) is 4.99 Å². The molecule has 326 valence electrons. The Bertz CT molecular complexity index is 2750. The molecule has 17 nitrogen and oxygen atoms in total. The van der Waals surface area contributed by atoms with Crippen molar-refractivity contribution >= 4 is 68.6 Å². The topological polar surface area (TPSA) is 206 Å². The minimum absolute atomic E-state index is 0.0541. The molecule has 0 aliphatic carbocycles. The molecule has 8 rings (SSSR count). The Hall–Kier alpha value is -6.34. The average molecular weight is 893 g/mol. The zero-order chi connectivity index (χ0) is 44.0. The maximum Gasteiger partial charge on any atom is 0.280 e. The second-order valence-electron chi connectivity index (χ2n) is 15.0. The van der Waals surface area contributed by atoms with Gasteiger partial charge in [0.2, 0.25) is 11.8 Å². The van der Waals surface area contributed by atoms with Gasteiger partial charge in [-0.3, -0.25) is 34.1 Å². The molecule has 2 aliphatic rings. The maximum atomic E-state index is 13.5. The highest BCUT2D eigenvalue weighted by Crippen LogP contribution is 2.40. The molecule has 0 radical (unpaired) electrons. The number of aliphatic imine (C=N–C) groups is 1. The molecular weight excluding hydrogens is 848 g/mol. The van der Waals surface area contributed by atoms with Gasteiger partial charge in [0, 0.05) is 52.0 Å². The Morgan fingerprint density at radius 1 is 0.921 bits per heavy atom. The van der Waals surface area contributed by atoms with Crippen molar-refractivity contribution in [2.75, 3.05) is 50.2 Å². The first kappa shape index (κ1) is 43.3. The van der Waals surface area contributed by atoms with E-state index in [0.717, 1.165) is 37.9 Å². The monoisotopic (exact) mass is 892 g/mol. The molecule has 2 atom stereocenters. The Morgan fingerprint density at radius 2 is 1.68 bits per heavy atom. The lowest BCUT2D eigenvalue weighted by Crippen LogP contribution is -2.45. The fraction of sp³-hybridized carbons (Fsp3) is 0.341. The van der Waals surface area contributed by atoms with E-state index >= 15 is 0 Å². The summed E-state index contributed by atoms with van der Waals surface area (Å²) >= 11 is 7.90. The fourth-order valence-electron chi connectivity index (χ4n) is 7.46. The first-order valence-electron chi connectivity index (χ1n) is 20.6. The van der Waals surface area contributed by atoms with Gasteiger partial charge in [0.25, 0.3) is 11.5 Å². The van der Waals surface area contributed by atoms with E-state index in [1.807, 2.05) is 35.8 Å². The number of anilines is 2. The molecule has 63 heavy (non-hydrogen) atoms. The number of carbonyl (C=O) groups excluding carboxylic acids is 3. The van der Waals surface area contributed by atoms with Crippen molar-refractivity contribution in [3.8, 4) is 10.8 Å². The normalized spacial score (nSPS) is 15.9. The van der Waals surface area contributed by atoms with Crippen LogP contribution in [0, 0.1) is 20.8 Å². The van der Waals surface area contributed by atoms with E-state index in [1.165, 1.54) is 4.88 Å². The third-order valence-electron chi connectivity index (χ3n) is 10.7. The number of hydrogen-bond acceptors (Lipinski definition) is 14. The van der Waals surface area contributed by atoms with E-state index in [4.69, 9.17) is 30.8 Å². The quantitative estimate of drug-likeness (QED) is 0.0732. The molecule has 0 bridgehead atoms. The third-order valence-corrected chi connectivity index (χ3v) is 12.2. The zero-order valence-electron chi connectivity index (χ0n) is 34.9. The molecule has 1 saturated heterocycles. The Kier molecular flexibility index (Phi) is 13.3. The van der Waals surface area contributed by atoms with Crippen molar-refractivity contribution in [1.82, 2.24) is 35.1 Å². The molecule has 2 unspecified atom stereocenters. The summed E-state index contributed by atoms with van der Waals surface area (Å²) in [5.74, 6) is 0.813. The van der Waals surface area contributed by atoms with Gasteiger partial charge in [-0.1, -0.05) is 35.0 Å². The Balaban J connectivity index is 0.758. The van der Waals surface area contributed by atoms with Crippen molar-refractivity contribution < 1.29 is 28.6 Å². The van der Waals surface area contributed by atoms with Crippen LogP contribution >= 0.6 is 22.9 Å². The van der Waals surface area contributed by atoms with E-state index in [0.29, 0.717) is 84.9 Å². The lowest BCUT2D eigenvalue weighted by atomic mass is 9.99. The van der Waals surface area contributed by atoms with Gasteiger partial charge in [-0.05, 0) is 87.7 Å². The summed E-state index contributed by atoms with van der Waals surface area (Å²) in [6.45, 7) is 8.56. The zero-order valence-corrected chi connectivity index (χ0v) is 36.4. The summed E-state index contributed by atoms with van der Waals surface area (Å²) in [7, 11) is 0. The SMILES string of the molecule is Cc1sc2c(c1C)C(c1ccc(Cl)cc1)=NC(CC(=O)Nc1ccc(OCCOCCOCCCNc3cccc4nnn(C5CCC(=O)NC5=O)c(=O)c34)cc1)c1nnc(C)n1-2. The number of fused-ring (bicyclic) bond motifs is 4. The predicted octanol–water partition coefficient (Wildman–Crippen LogP) is 5.83. The van der Waals surface area contributed by atoms with Gasteiger partial charge in [-0.15, -0.1) is 26.6 Å². The summed E-state index contributed by atoms with van der Waals surface area (Å²) < 4.78 is 20.3. The van der Waals surface area contributed by atoms with Crippen LogP contribution in [0.2, 0.25) is 5.02 Å². The van der Waals surface area contributed by atoms with E-state index in [1.54, 1.807) is 53.8 Å². The Labute approximate surface area is 370 Å². The minimum Gasteiger partial charge on any atom is -0.491 e. The number of thiophene rings is 1. The number of nitrogens with zero attached hydrogens (tertiary/aromatic N) is 7. The minimum atomic E-state index is -0.896. The molecule has 3 N–H and O–H groups in total. The lowest BCUT2D eigenvalue weighted by Gasteiger charge is -2.21. The van der Waals surface area contributed by atoms with Crippen LogP contribution in [-0.2, 0) is 23.9 Å². The van der Waals surface area contributed by atoms with Gasteiger partial charge in [-0.2, -0.15) is 4.68 Å². The number of nitrogens with one attached hydrogen (secondary N) is 3. The van der Waals surface area contributed by atoms with E-state index in [9.17, 15) is 19.2 Å². The number of aryl methyl sites for hydroxylation is 2. The molecular formula is C44H45ClN10O7S.